The Morgan fingerprint density at radius 1 is 1.20 bits per heavy atom. The first-order chi connectivity index (χ1) is 14.6. The summed E-state index contributed by atoms with van der Waals surface area (Å²) in [5.41, 5.74) is 4.34. The van der Waals surface area contributed by atoms with Crippen molar-refractivity contribution in [3.63, 3.8) is 0 Å². The normalized spacial score (nSPS) is 19.8. The maximum atomic E-state index is 13.5. The highest BCUT2D eigenvalue weighted by Gasteiger charge is 2.35. The molecule has 1 saturated heterocycles. The summed E-state index contributed by atoms with van der Waals surface area (Å²) in [5, 5.41) is 12.4. The van der Waals surface area contributed by atoms with Crippen LogP contribution in [0, 0.1) is 5.82 Å². The Hall–Kier alpha value is -1.95. The van der Waals surface area contributed by atoms with Crippen LogP contribution < -0.4 is 5.32 Å². The molecule has 0 bridgehead atoms. The molecule has 1 saturated carbocycles. The zero-order valence-electron chi connectivity index (χ0n) is 17.2. The molecule has 3 aromatic rings. The first-order valence-electron chi connectivity index (χ1n) is 10.8. The van der Waals surface area contributed by atoms with Gasteiger partial charge in [-0.3, -0.25) is 5.10 Å². The molecule has 2 heterocycles. The van der Waals surface area contributed by atoms with Crippen LogP contribution >= 0.6 is 11.6 Å². The predicted octanol–water partition coefficient (Wildman–Crippen LogP) is 5.63. The van der Waals surface area contributed by atoms with E-state index in [2.05, 4.69) is 34.6 Å². The maximum absolute atomic E-state index is 13.5. The average molecular weight is 428 g/mol. The van der Waals surface area contributed by atoms with E-state index in [1.54, 1.807) is 12.1 Å². The Bertz CT molecular complexity index is 1040. The van der Waals surface area contributed by atoms with E-state index in [4.69, 9.17) is 16.3 Å². The van der Waals surface area contributed by atoms with Gasteiger partial charge in [-0.05, 0) is 80.9 Å². The van der Waals surface area contributed by atoms with Gasteiger partial charge in [0.1, 0.15) is 11.0 Å². The molecule has 1 aromatic heterocycles. The number of ether oxygens (including phenoxy) is 1. The number of halogens is 2. The summed E-state index contributed by atoms with van der Waals surface area (Å²) in [6, 6.07) is 11.3. The number of aromatic nitrogens is 2. The number of hydrogen-bond donors (Lipinski definition) is 2. The van der Waals surface area contributed by atoms with Crippen LogP contribution in [0.25, 0.3) is 10.9 Å². The summed E-state index contributed by atoms with van der Waals surface area (Å²) >= 11 is 6.36. The average Bonchev–Trinajstić information content (AvgIpc) is 3.56. The van der Waals surface area contributed by atoms with E-state index in [9.17, 15) is 4.39 Å². The molecule has 2 aromatic carbocycles. The first kappa shape index (κ1) is 20.0. The minimum absolute atomic E-state index is 0.107. The van der Waals surface area contributed by atoms with Crippen LogP contribution in [0.15, 0.2) is 36.4 Å². The summed E-state index contributed by atoms with van der Waals surface area (Å²) in [5.74, 6) is 0.424. The maximum Gasteiger partial charge on any atom is 0.132 e. The Morgan fingerprint density at radius 3 is 2.63 bits per heavy atom. The van der Waals surface area contributed by atoms with Gasteiger partial charge in [0.05, 0.1) is 18.2 Å². The summed E-state index contributed by atoms with van der Waals surface area (Å²) in [4.78, 5) is 0. The molecule has 2 aliphatic rings. The van der Waals surface area contributed by atoms with Crippen LogP contribution in [0.4, 0.5) is 4.39 Å². The number of aromatic amines is 1. The molecule has 4 nitrogen and oxygen atoms in total. The smallest absolute Gasteiger partial charge is 0.132 e. The van der Waals surface area contributed by atoms with E-state index in [0.717, 1.165) is 48.0 Å². The van der Waals surface area contributed by atoms with Gasteiger partial charge in [-0.15, -0.1) is 0 Å². The third-order valence-electron chi connectivity index (χ3n) is 6.78. The summed E-state index contributed by atoms with van der Waals surface area (Å²) in [6.07, 6.45) is 4.29. The monoisotopic (exact) mass is 427 g/mol. The Kier molecular flexibility index (Phi) is 5.30. The standard InChI is InChI=1S/C24H27ClFN3O/c1-15(20-12-17(16-2-3-16)13-21-22(20)28-29-23(21)25)30-14-24(8-10-27-11-9-24)18-4-6-19(26)7-5-18/h4-7,12-13,15-16,27H,2-3,8-11,14H2,1H3,(H,28,29). The molecule has 1 unspecified atom stereocenters. The van der Waals surface area contributed by atoms with Crippen LogP contribution in [-0.4, -0.2) is 29.9 Å². The highest BCUT2D eigenvalue weighted by atomic mass is 35.5. The second-order valence-electron chi connectivity index (χ2n) is 8.81. The van der Waals surface area contributed by atoms with Crippen molar-refractivity contribution >= 4 is 22.5 Å². The van der Waals surface area contributed by atoms with Gasteiger partial charge in [-0.1, -0.05) is 29.8 Å². The highest BCUT2D eigenvalue weighted by molar-refractivity contribution is 6.34. The molecule has 0 spiro atoms. The number of piperidine rings is 1. The molecule has 30 heavy (non-hydrogen) atoms. The lowest BCUT2D eigenvalue weighted by Gasteiger charge is -2.38. The SMILES string of the molecule is CC(OCC1(c2ccc(F)cc2)CCNCC1)c1cc(C2CC2)cc2c(Cl)[nH]nc12. The van der Waals surface area contributed by atoms with E-state index in [-0.39, 0.29) is 17.3 Å². The molecule has 2 N–H and O–H groups in total. The Labute approximate surface area is 181 Å². The molecule has 5 rings (SSSR count). The predicted molar refractivity (Wildman–Crippen MR) is 118 cm³/mol. The minimum atomic E-state index is -0.202. The van der Waals surface area contributed by atoms with Gasteiger partial charge in [0.2, 0.25) is 0 Å². The van der Waals surface area contributed by atoms with E-state index in [0.29, 0.717) is 17.7 Å². The van der Waals surface area contributed by atoms with Crippen molar-refractivity contribution in [2.45, 2.75) is 50.0 Å². The Balaban J connectivity index is 1.43. The number of nitrogens with one attached hydrogen (secondary N) is 2. The second-order valence-corrected chi connectivity index (χ2v) is 9.19. The van der Waals surface area contributed by atoms with Crippen LogP contribution in [0.2, 0.25) is 5.15 Å². The summed E-state index contributed by atoms with van der Waals surface area (Å²) in [6.45, 7) is 4.55. The van der Waals surface area contributed by atoms with E-state index < -0.39 is 0 Å². The van der Waals surface area contributed by atoms with Crippen molar-refractivity contribution < 1.29 is 9.13 Å². The van der Waals surface area contributed by atoms with Crippen LogP contribution in [-0.2, 0) is 10.2 Å². The fourth-order valence-corrected chi connectivity index (χ4v) is 4.89. The molecule has 1 atom stereocenters. The van der Waals surface area contributed by atoms with E-state index in [1.165, 1.54) is 18.4 Å². The quantitative estimate of drug-likeness (QED) is 0.535. The van der Waals surface area contributed by atoms with E-state index >= 15 is 0 Å². The molecule has 0 amide bonds. The number of rotatable bonds is 6. The Morgan fingerprint density at radius 2 is 1.93 bits per heavy atom. The van der Waals surface area contributed by atoms with Crippen LogP contribution in [0.5, 0.6) is 0 Å². The van der Waals surface area contributed by atoms with Crippen molar-refractivity contribution in [3.05, 3.63) is 64.1 Å². The topological polar surface area (TPSA) is 49.9 Å². The molecule has 1 aliphatic carbocycles. The molecule has 0 radical (unpaired) electrons. The fraction of sp³-hybridized carbons (Fsp3) is 0.458. The van der Waals surface area contributed by atoms with Gasteiger partial charge < -0.3 is 10.1 Å². The highest BCUT2D eigenvalue weighted by Crippen LogP contribution is 2.44. The third kappa shape index (κ3) is 3.75. The lowest BCUT2D eigenvalue weighted by Crippen LogP contribution is -2.43. The van der Waals surface area contributed by atoms with Crippen molar-refractivity contribution in [1.29, 1.82) is 0 Å². The van der Waals surface area contributed by atoms with Crippen molar-refractivity contribution in [1.82, 2.24) is 15.5 Å². The van der Waals surface area contributed by atoms with Gasteiger partial charge in [-0.25, -0.2) is 4.39 Å². The molecule has 6 heteroatoms. The van der Waals surface area contributed by atoms with Crippen LogP contribution in [0.3, 0.4) is 0 Å². The largest absolute Gasteiger partial charge is 0.373 e. The number of hydrogen-bond acceptors (Lipinski definition) is 3. The lowest BCUT2D eigenvalue weighted by atomic mass is 9.74. The van der Waals surface area contributed by atoms with Crippen molar-refractivity contribution in [3.8, 4) is 0 Å². The number of nitrogens with zero attached hydrogens (tertiary/aromatic N) is 1. The first-order valence-corrected chi connectivity index (χ1v) is 11.2. The zero-order valence-corrected chi connectivity index (χ0v) is 17.9. The molecular weight excluding hydrogens is 401 g/mol. The van der Waals surface area contributed by atoms with Crippen LogP contribution in [0.1, 0.15) is 61.3 Å². The molecule has 2 fully saturated rings. The van der Waals surface area contributed by atoms with Crippen molar-refractivity contribution in [2.75, 3.05) is 19.7 Å². The molecule has 1 aliphatic heterocycles. The minimum Gasteiger partial charge on any atom is -0.373 e. The van der Waals surface area contributed by atoms with E-state index in [1.807, 2.05) is 12.1 Å². The van der Waals surface area contributed by atoms with Gasteiger partial charge in [0.25, 0.3) is 0 Å². The number of H-pyrrole nitrogens is 1. The fourth-order valence-electron chi connectivity index (χ4n) is 4.70. The van der Waals surface area contributed by atoms with Crippen molar-refractivity contribution in [2.24, 2.45) is 0 Å². The van der Waals surface area contributed by atoms with Gasteiger partial charge in [0, 0.05) is 16.4 Å². The summed E-state index contributed by atoms with van der Waals surface area (Å²) in [7, 11) is 0. The summed E-state index contributed by atoms with van der Waals surface area (Å²) < 4.78 is 20.0. The third-order valence-corrected chi connectivity index (χ3v) is 7.07. The molecule has 158 valence electrons. The van der Waals surface area contributed by atoms with Gasteiger partial charge >= 0.3 is 0 Å². The van der Waals surface area contributed by atoms with Gasteiger partial charge in [-0.2, -0.15) is 5.10 Å². The number of benzene rings is 2. The van der Waals surface area contributed by atoms with Gasteiger partial charge in [0.15, 0.2) is 0 Å². The zero-order chi connectivity index (χ0) is 20.7. The lowest BCUT2D eigenvalue weighted by molar-refractivity contribution is 0.0172. The molecular formula is C24H27ClFN3O. The second kappa shape index (κ2) is 7.95. The number of fused-ring (bicyclic) bond motifs is 1.